The minimum atomic E-state index is -3.76. The molecule has 4 bridgehead atoms. The zero-order valence-electron chi connectivity index (χ0n) is 55.0. The monoisotopic (exact) mass is 1490 g/mol. The van der Waals surface area contributed by atoms with Gasteiger partial charge in [0.1, 0.15) is 61.2 Å². The molecule has 6 N–H and O–H groups in total. The largest absolute Gasteiger partial charge is 0.492 e. The summed E-state index contributed by atoms with van der Waals surface area (Å²) in [7, 11) is 1.97. The molecule has 96 heavy (non-hydrogen) atoms. The van der Waals surface area contributed by atoms with Crippen LogP contribution in [0.25, 0.3) is 0 Å². The molecular weight excluding hydrogens is 1410 g/mol. The number of likely N-dealkylation sites (N-methyl/N-ethyl adjacent to an activating group) is 1. The molecule has 11 rings (SSSR count). The number of aliphatic hydroxyl groups excluding tert-OH is 4. The van der Waals surface area contributed by atoms with E-state index in [0.717, 1.165) is 11.8 Å². The lowest BCUT2D eigenvalue weighted by Crippen LogP contribution is -2.64. The quantitative estimate of drug-likeness (QED) is 0.0176. The first-order chi connectivity index (χ1) is 46.1. The fraction of sp³-hybridized carbons (Fsp3) is 0.642. The molecule has 2 aliphatic carbocycles. The summed E-state index contributed by atoms with van der Waals surface area (Å²) in [6, 6.07) is 13.5. The van der Waals surface area contributed by atoms with Crippen LogP contribution in [0.5, 0.6) is 17.2 Å². The Hall–Kier alpha value is -4.53. The van der Waals surface area contributed by atoms with Crippen LogP contribution in [-0.4, -0.2) is 223 Å². The number of aliphatic hydroxyl groups is 4. The number of methoxy groups -OCH3 is 4. The van der Waals surface area contributed by atoms with Crippen LogP contribution >= 0.6 is 34.4 Å². The molecule has 21 atom stereocenters. The molecule has 6 aliphatic heterocycles. The molecule has 0 radical (unpaired) electrons. The number of benzene rings is 3. The van der Waals surface area contributed by atoms with Gasteiger partial charge in [-0.15, -0.1) is 5.92 Å². The molecule has 3 aromatic carbocycles. The Labute approximate surface area is 576 Å². The molecule has 0 unspecified atom stereocenters. The first kappa shape index (κ1) is 72.7. The van der Waals surface area contributed by atoms with Crippen LogP contribution in [0.4, 0.5) is 10.5 Å². The minimum absolute atomic E-state index is 0.00940. The van der Waals surface area contributed by atoms with Gasteiger partial charge in [-0.1, -0.05) is 72.8 Å². The summed E-state index contributed by atoms with van der Waals surface area (Å²) in [5.74, 6) is 13.4. The van der Waals surface area contributed by atoms with Crippen LogP contribution in [-0.2, 0) is 72.4 Å². The van der Waals surface area contributed by atoms with Crippen LogP contribution in [0.3, 0.4) is 0 Å². The third-order valence-electron chi connectivity index (χ3n) is 19.3. The molecule has 29 heteroatoms. The van der Waals surface area contributed by atoms with Crippen LogP contribution in [0.2, 0.25) is 0 Å². The third-order valence-corrected chi connectivity index (χ3v) is 23.7. The highest BCUT2D eigenvalue weighted by Gasteiger charge is 2.86. The third kappa shape index (κ3) is 13.9. The lowest BCUT2D eigenvalue weighted by molar-refractivity contribution is -0.344. The van der Waals surface area contributed by atoms with E-state index in [4.69, 9.17) is 71.2 Å². The summed E-state index contributed by atoms with van der Waals surface area (Å²) in [6.45, 7) is 8.93. The molecule has 1 amide bonds. The highest BCUT2D eigenvalue weighted by molar-refractivity contribution is 14.1. The summed E-state index contributed by atoms with van der Waals surface area (Å²) in [5, 5.41) is 48.0. The Balaban J connectivity index is 0.762. The van der Waals surface area contributed by atoms with Gasteiger partial charge in [0.2, 0.25) is 17.2 Å². The van der Waals surface area contributed by atoms with Gasteiger partial charge in [-0.3, -0.25) is 14.5 Å². The zero-order chi connectivity index (χ0) is 68.4. The molecular formula is C67H86IN3O23S2. The molecule has 6 fully saturated rings. The first-order valence-electron chi connectivity index (χ1n) is 32.3. The minimum Gasteiger partial charge on any atom is -0.492 e. The SMILES string of the molecule is CCN[C@H]1CO[C@@H](O[C@H]2[C@H](OCOC[C@@]34C#CCCC#C[C@@H]5N(C(=O)OCCS(=O)(=O)c6ccccc6)c6ccccc6[C@]36O[C@@]56CCC4)O[C@H](C)[C@@H](NO[C@H]3C[C@H](O)[C@H](SC(=O)c4c(C)c(I)c(O[C@@H]5O[C@@H](C)[C@H](O)[C@@H](OC)[C@H]5O)c(OC)c4OC)[C@@H](C)O3)[C@@H]2O)C[C@@H]1OC. The number of epoxide rings is 1. The van der Waals surface area contributed by atoms with Crippen LogP contribution in [0.1, 0.15) is 94.1 Å². The number of thioether (sulfide) groups is 1. The Kier molecular flexibility index (Phi) is 23.3. The number of halogens is 1. The average molecular weight is 1490 g/mol. The van der Waals surface area contributed by atoms with Gasteiger partial charge < -0.3 is 92.1 Å². The Morgan fingerprint density at radius 2 is 1.57 bits per heavy atom. The standard InChI is InChI=1S/C67H86IN3O23S2/c1-10-69-42-33-86-47(32-45(42)80-6)91-58-53(74)51(70-93-48-31-44(72)60(39(5)88-48)95-61(76)49-36(2)50(68)56(59(83-9)55(49)81-7)92-62-54(75)57(82-8)52(73)38(4)90-62)37(3)89-63(58)87-35-84-34-65-26-19-12-11-16-25-46-66(28-20-27-65)67(65,94-66)41-23-17-18-24-43(41)71(46)64(77)85-29-30-96(78,79)40-21-14-13-15-22-40/h13-15,17-18,21-24,37-39,42,44-48,51-54,57-58,60,62-63,69-70,72-75H,10-12,20,27-35H2,1-9H3/t37-,38+,39-,42+,44+,45+,46+,47+,48+,51-,52+,53+,54-,57-,58-,60-,62+,63-,65+,66+,67+/m1/s1. The summed E-state index contributed by atoms with van der Waals surface area (Å²) in [4.78, 5) is 36.7. The smallest absolute Gasteiger partial charge is 0.415 e. The van der Waals surface area contributed by atoms with Crippen molar-refractivity contribution < 1.29 is 110 Å². The summed E-state index contributed by atoms with van der Waals surface area (Å²) in [5.41, 5.74) is 1.63. The molecule has 3 aromatic rings. The fourth-order valence-corrected chi connectivity index (χ4v) is 17.4. The fourth-order valence-electron chi connectivity index (χ4n) is 14.5. The number of para-hydroxylation sites is 1. The maximum atomic E-state index is 14.5. The van der Waals surface area contributed by atoms with Crippen LogP contribution < -0.4 is 29.9 Å². The molecule has 0 aromatic heterocycles. The predicted molar refractivity (Wildman–Crippen MR) is 352 cm³/mol. The number of anilines is 1. The number of nitrogens with one attached hydrogen (secondary N) is 2. The van der Waals surface area contributed by atoms with Crippen molar-refractivity contribution in [2.75, 3.05) is 72.3 Å². The molecule has 0 spiro atoms. The van der Waals surface area contributed by atoms with Crippen molar-refractivity contribution in [1.82, 2.24) is 10.8 Å². The van der Waals surface area contributed by atoms with Gasteiger partial charge in [0, 0.05) is 45.5 Å². The second-order valence-corrected chi connectivity index (χ2v) is 29.4. The molecule has 1 saturated carbocycles. The van der Waals surface area contributed by atoms with Crippen molar-refractivity contribution in [3.8, 4) is 40.9 Å². The number of nitrogens with zero attached hydrogens (tertiary/aromatic N) is 1. The van der Waals surface area contributed by atoms with Gasteiger partial charge in [-0.2, -0.15) is 5.48 Å². The van der Waals surface area contributed by atoms with E-state index in [1.165, 1.54) is 38.4 Å². The van der Waals surface area contributed by atoms with Crippen molar-refractivity contribution in [3.05, 3.63) is 74.9 Å². The number of amides is 1. The number of carbonyl (C=O) groups excluding carboxylic acids is 2. The van der Waals surface area contributed by atoms with Gasteiger partial charge in [0.25, 0.3) is 0 Å². The Morgan fingerprint density at radius 1 is 0.833 bits per heavy atom. The van der Waals surface area contributed by atoms with E-state index < -0.39 is 141 Å². The van der Waals surface area contributed by atoms with Gasteiger partial charge in [0.15, 0.2) is 40.2 Å². The normalized spacial score (nSPS) is 36.1. The van der Waals surface area contributed by atoms with Crippen LogP contribution in [0, 0.1) is 39.6 Å². The van der Waals surface area contributed by atoms with Crippen molar-refractivity contribution in [2.24, 2.45) is 5.41 Å². The lowest BCUT2D eigenvalue weighted by atomic mass is 9.56. The van der Waals surface area contributed by atoms with E-state index in [2.05, 4.69) is 34.5 Å². The number of fused-ring (bicyclic) bond motifs is 1. The van der Waals surface area contributed by atoms with Crippen molar-refractivity contribution in [1.29, 1.82) is 0 Å². The van der Waals surface area contributed by atoms with Gasteiger partial charge >= 0.3 is 6.09 Å². The lowest BCUT2D eigenvalue weighted by Gasteiger charge is -2.48. The Bertz CT molecular complexity index is 3490. The van der Waals surface area contributed by atoms with Gasteiger partial charge in [-0.25, -0.2) is 13.2 Å². The highest BCUT2D eigenvalue weighted by atomic mass is 127. The first-order valence-corrected chi connectivity index (χ1v) is 35.9. The van der Waals surface area contributed by atoms with E-state index in [9.17, 15) is 38.4 Å². The number of carbonyl (C=O) groups is 2. The van der Waals surface area contributed by atoms with E-state index >= 15 is 0 Å². The maximum Gasteiger partial charge on any atom is 0.415 e. The topological polar surface area (TPSA) is 318 Å². The second-order valence-electron chi connectivity index (χ2n) is 25.1. The maximum absolute atomic E-state index is 14.5. The second kappa shape index (κ2) is 30.7. The molecule has 5 saturated heterocycles. The summed E-state index contributed by atoms with van der Waals surface area (Å²) >= 11 is 2.86. The molecule has 6 heterocycles. The van der Waals surface area contributed by atoms with Gasteiger partial charge in [0.05, 0.1) is 106 Å². The van der Waals surface area contributed by atoms with E-state index in [-0.39, 0.29) is 72.9 Å². The van der Waals surface area contributed by atoms with Crippen molar-refractivity contribution in [3.63, 3.8) is 0 Å². The zero-order valence-corrected chi connectivity index (χ0v) is 58.8. The van der Waals surface area contributed by atoms with Gasteiger partial charge in [-0.05, 0) is 99.9 Å². The van der Waals surface area contributed by atoms with Crippen molar-refractivity contribution in [2.45, 2.75) is 205 Å². The highest BCUT2D eigenvalue weighted by Crippen LogP contribution is 2.76. The average Bonchev–Trinajstić information content (AvgIpc) is 1.46. The Morgan fingerprint density at radius 3 is 2.30 bits per heavy atom. The predicted octanol–water partition coefficient (Wildman–Crippen LogP) is 4.76. The summed E-state index contributed by atoms with van der Waals surface area (Å²) < 4.78 is 113. The molecule has 26 nitrogen and oxygen atoms in total. The van der Waals surface area contributed by atoms with E-state index in [1.807, 2.05) is 47.7 Å². The van der Waals surface area contributed by atoms with E-state index in [0.29, 0.717) is 65.5 Å². The summed E-state index contributed by atoms with van der Waals surface area (Å²) in [6.07, 6.45) is -12.4. The number of ether oxygens (including phenoxy) is 14. The number of hydrogen-bond donors (Lipinski definition) is 6. The number of sulfone groups is 1. The number of hydroxylamine groups is 1. The van der Waals surface area contributed by atoms with E-state index in [1.54, 1.807) is 59.1 Å². The van der Waals surface area contributed by atoms with Crippen molar-refractivity contribution >= 4 is 61.1 Å². The van der Waals surface area contributed by atoms with Crippen LogP contribution in [0.15, 0.2) is 59.5 Å². The molecule has 526 valence electrons. The number of rotatable bonds is 24. The molecule has 8 aliphatic rings. The number of hydrogen-bond acceptors (Lipinski definition) is 26.